The molecule has 3 heterocycles. The van der Waals surface area contributed by atoms with Gasteiger partial charge in [-0.3, -0.25) is 10.1 Å². The summed E-state index contributed by atoms with van der Waals surface area (Å²) in [6.07, 6.45) is 1.36. The van der Waals surface area contributed by atoms with Crippen LogP contribution in [0, 0.1) is 13.8 Å². The standard InChI is InChI=1S/C20H18N4.C14H9Cl2N3O3/c1-12-8-17-19(10-15(12)21)24(14-6-4-3-5-7-14)20-11-16(22)13(2)9-18(20)23-17;15-10-3-1-8(5-11(10)16)12-4-2-9(22-12)6-17-19-7-13(20)18-14(19)21/h3-11H,1-2H3,(H3,21,22);1-6H,7H2,(H,18,20,21)/p+1/b;17-6+. The van der Waals surface area contributed by atoms with Crippen molar-refractivity contribution in [1.82, 2.24) is 15.3 Å². The number of carbonyl (C=O) groups is 2. The number of amides is 3. The van der Waals surface area contributed by atoms with Gasteiger partial charge in [-0.2, -0.15) is 5.10 Å². The highest BCUT2D eigenvalue weighted by Crippen LogP contribution is 2.29. The second-order valence-electron chi connectivity index (χ2n) is 10.7. The average molecular weight is 654 g/mol. The van der Waals surface area contributed by atoms with Crippen LogP contribution in [-0.4, -0.2) is 34.7 Å². The molecule has 1 saturated heterocycles. The lowest BCUT2D eigenvalue weighted by Gasteiger charge is -2.09. The van der Waals surface area contributed by atoms with Crippen LogP contribution in [0.4, 0.5) is 16.2 Å². The van der Waals surface area contributed by atoms with Crippen molar-refractivity contribution in [2.75, 3.05) is 18.0 Å². The maximum Gasteiger partial charge on any atom is 0.344 e. The van der Waals surface area contributed by atoms with Crippen LogP contribution in [0.2, 0.25) is 10.0 Å². The van der Waals surface area contributed by atoms with Crippen molar-refractivity contribution < 1.29 is 18.6 Å². The van der Waals surface area contributed by atoms with Gasteiger partial charge in [0.05, 0.1) is 16.3 Å². The molecule has 1 fully saturated rings. The van der Waals surface area contributed by atoms with E-state index in [1.54, 1.807) is 30.3 Å². The Morgan fingerprint density at radius 2 is 1.52 bits per heavy atom. The summed E-state index contributed by atoms with van der Waals surface area (Å²) in [5, 5.41) is 7.93. The first kappa shape index (κ1) is 30.6. The van der Waals surface area contributed by atoms with E-state index in [-0.39, 0.29) is 6.54 Å². The number of nitrogens with one attached hydrogen (secondary N) is 1. The molecule has 0 radical (unpaired) electrons. The van der Waals surface area contributed by atoms with E-state index in [0.29, 0.717) is 21.6 Å². The summed E-state index contributed by atoms with van der Waals surface area (Å²) in [6, 6.07) is 26.3. The van der Waals surface area contributed by atoms with E-state index in [1.165, 1.54) is 6.21 Å². The van der Waals surface area contributed by atoms with Crippen LogP contribution in [0.3, 0.4) is 0 Å². The first-order valence-corrected chi connectivity index (χ1v) is 14.9. The molecule has 0 spiro atoms. The first-order valence-electron chi connectivity index (χ1n) is 14.1. The minimum atomic E-state index is -0.558. The number of aryl methyl sites for hydroxylation is 2. The summed E-state index contributed by atoms with van der Waals surface area (Å²) < 4.78 is 7.76. The van der Waals surface area contributed by atoms with Crippen LogP contribution in [0.15, 0.2) is 94.4 Å². The molecule has 0 atom stereocenters. The third kappa shape index (κ3) is 6.21. The number of halogens is 2. The largest absolute Gasteiger partial charge is 0.455 e. The molecule has 12 heteroatoms. The molecule has 0 bridgehead atoms. The number of carbonyl (C=O) groups excluding carboxylic acids is 2. The summed E-state index contributed by atoms with van der Waals surface area (Å²) in [5.74, 6) is 0.633. The molecular weight excluding hydrogens is 625 g/mol. The van der Waals surface area contributed by atoms with E-state index in [2.05, 4.69) is 27.1 Å². The number of hydrazone groups is 1. The Kier molecular flexibility index (Phi) is 8.31. The van der Waals surface area contributed by atoms with Crippen LogP contribution in [0.1, 0.15) is 16.9 Å². The maximum absolute atomic E-state index is 11.3. The second-order valence-corrected chi connectivity index (χ2v) is 11.5. The summed E-state index contributed by atoms with van der Waals surface area (Å²) in [5.41, 5.74) is 21.5. The number of para-hydroxylation sites is 1. The van der Waals surface area contributed by atoms with Gasteiger partial charge >= 0.3 is 6.03 Å². The highest BCUT2D eigenvalue weighted by atomic mass is 35.5. The lowest BCUT2D eigenvalue weighted by molar-refractivity contribution is -0.538. The Balaban J connectivity index is 0.000000162. The number of nitrogens with zero attached hydrogens (tertiary/aromatic N) is 4. The molecule has 3 amide bonds. The number of nitrogens with two attached hydrogens (primary N) is 2. The van der Waals surface area contributed by atoms with Gasteiger partial charge in [0.2, 0.25) is 22.6 Å². The SMILES string of the molecule is Cc1cc2nc3cc(C)c(N)cc3[n+](-c3ccccc3)c2cc1N.O=C1CN(/N=C/c2ccc(-c3ccc(Cl)c(Cl)c3)o2)C(=O)N1. The fourth-order valence-corrected chi connectivity index (χ4v) is 5.22. The van der Waals surface area contributed by atoms with Crippen LogP contribution in [0.25, 0.3) is 39.1 Å². The number of rotatable bonds is 4. The summed E-state index contributed by atoms with van der Waals surface area (Å²) >= 11 is 11.8. The van der Waals surface area contributed by atoms with E-state index in [1.807, 2.05) is 56.3 Å². The predicted molar refractivity (Wildman–Crippen MR) is 181 cm³/mol. The third-order valence-electron chi connectivity index (χ3n) is 7.39. The fraction of sp³-hybridized carbons (Fsp3) is 0.0882. The Morgan fingerprint density at radius 3 is 2.11 bits per heavy atom. The number of hydrogen-bond acceptors (Lipinski definition) is 7. The van der Waals surface area contributed by atoms with Crippen molar-refractivity contribution >= 4 is 74.8 Å². The van der Waals surface area contributed by atoms with Crippen LogP contribution < -0.4 is 21.4 Å². The number of fused-ring (bicyclic) bond motifs is 2. The number of hydrogen-bond donors (Lipinski definition) is 3. The van der Waals surface area contributed by atoms with Crippen molar-refractivity contribution in [2.24, 2.45) is 5.10 Å². The molecule has 2 aromatic heterocycles. The summed E-state index contributed by atoms with van der Waals surface area (Å²) in [7, 11) is 0. The van der Waals surface area contributed by atoms with Gasteiger partial charge in [0.25, 0.3) is 0 Å². The molecule has 230 valence electrons. The zero-order valence-electron chi connectivity index (χ0n) is 24.8. The number of benzene rings is 4. The number of urea groups is 1. The van der Waals surface area contributed by atoms with Gasteiger partial charge < -0.3 is 15.9 Å². The van der Waals surface area contributed by atoms with Crippen molar-refractivity contribution in [1.29, 1.82) is 0 Å². The Bertz CT molecular complexity index is 2120. The van der Waals surface area contributed by atoms with E-state index < -0.39 is 11.9 Å². The molecule has 0 unspecified atom stereocenters. The number of nitrogen functional groups attached to an aromatic ring is 2. The Hall–Kier alpha value is -5.45. The molecular formula is C34H28Cl2N7O3+. The molecule has 4 aromatic carbocycles. The summed E-state index contributed by atoms with van der Waals surface area (Å²) in [4.78, 5) is 27.2. The second kappa shape index (κ2) is 12.5. The van der Waals surface area contributed by atoms with Gasteiger partial charge in [-0.15, -0.1) is 4.57 Å². The highest BCUT2D eigenvalue weighted by molar-refractivity contribution is 6.42. The molecule has 1 aliphatic heterocycles. The monoisotopic (exact) mass is 652 g/mol. The lowest BCUT2D eigenvalue weighted by Crippen LogP contribution is -2.33. The number of imide groups is 1. The van der Waals surface area contributed by atoms with Gasteiger partial charge in [0.1, 0.15) is 29.1 Å². The van der Waals surface area contributed by atoms with Gasteiger partial charge in [-0.25, -0.2) is 14.8 Å². The average Bonchev–Trinajstić information content (AvgIpc) is 3.64. The molecule has 10 nitrogen and oxygen atoms in total. The van der Waals surface area contributed by atoms with Gasteiger partial charge in [-0.05, 0) is 67.4 Å². The van der Waals surface area contributed by atoms with E-state index in [4.69, 9.17) is 44.1 Å². The minimum absolute atomic E-state index is 0.101. The lowest BCUT2D eigenvalue weighted by atomic mass is 10.1. The van der Waals surface area contributed by atoms with Crippen molar-refractivity contribution in [3.63, 3.8) is 0 Å². The normalized spacial score (nSPS) is 13.0. The van der Waals surface area contributed by atoms with Crippen molar-refractivity contribution in [3.05, 3.63) is 112 Å². The first-order chi connectivity index (χ1) is 22.1. The van der Waals surface area contributed by atoms with E-state index in [9.17, 15) is 9.59 Å². The number of anilines is 2. The van der Waals surface area contributed by atoms with Gasteiger partial charge in [-0.1, -0.05) is 41.4 Å². The highest BCUT2D eigenvalue weighted by Gasteiger charge is 2.26. The van der Waals surface area contributed by atoms with Gasteiger partial charge in [0.15, 0.2) is 0 Å². The molecule has 46 heavy (non-hydrogen) atoms. The van der Waals surface area contributed by atoms with Crippen LogP contribution in [0.5, 0.6) is 0 Å². The Morgan fingerprint density at radius 1 is 0.870 bits per heavy atom. The maximum atomic E-state index is 11.3. The Labute approximate surface area is 273 Å². The molecule has 0 aliphatic carbocycles. The van der Waals surface area contributed by atoms with Crippen molar-refractivity contribution in [3.8, 4) is 17.0 Å². The molecule has 6 aromatic rings. The van der Waals surface area contributed by atoms with E-state index in [0.717, 1.165) is 60.8 Å². The topological polar surface area (TPSA) is 144 Å². The smallest absolute Gasteiger partial charge is 0.344 e. The van der Waals surface area contributed by atoms with Crippen LogP contribution in [-0.2, 0) is 4.79 Å². The third-order valence-corrected chi connectivity index (χ3v) is 8.13. The van der Waals surface area contributed by atoms with Crippen LogP contribution >= 0.6 is 23.2 Å². The molecule has 0 saturated carbocycles. The quantitative estimate of drug-likeness (QED) is 0.0645. The molecule has 5 N–H and O–H groups in total. The van der Waals surface area contributed by atoms with E-state index >= 15 is 0 Å². The molecule has 1 aliphatic rings. The zero-order chi connectivity index (χ0) is 32.5. The number of furan rings is 1. The summed E-state index contributed by atoms with van der Waals surface area (Å²) in [6.45, 7) is 3.90. The minimum Gasteiger partial charge on any atom is -0.455 e. The molecule has 7 rings (SSSR count). The zero-order valence-corrected chi connectivity index (χ0v) is 26.3. The van der Waals surface area contributed by atoms with Gasteiger partial charge in [0, 0.05) is 41.2 Å². The van der Waals surface area contributed by atoms with Crippen molar-refractivity contribution in [2.45, 2.75) is 13.8 Å². The number of aromatic nitrogens is 2. The predicted octanol–water partition coefficient (Wildman–Crippen LogP) is 6.59. The fourth-order valence-electron chi connectivity index (χ4n) is 4.92.